The van der Waals surface area contributed by atoms with Crippen LogP contribution in [0.25, 0.3) is 0 Å². The standard InChI is InChI=1S/C14H16F3N3/c1-9-3-5-11(6-4-9)13(18)10(2)20-8-7-12(19-20)14(15,16)17/h3-8,10,13H,18H2,1-2H3. The average molecular weight is 283 g/mol. The van der Waals surface area contributed by atoms with E-state index in [0.717, 1.165) is 17.2 Å². The van der Waals surface area contributed by atoms with Gasteiger partial charge in [0, 0.05) is 6.20 Å². The molecule has 0 spiro atoms. The summed E-state index contributed by atoms with van der Waals surface area (Å²) in [6.07, 6.45) is -3.12. The molecule has 0 saturated heterocycles. The molecule has 20 heavy (non-hydrogen) atoms. The number of aryl methyl sites for hydroxylation is 1. The van der Waals surface area contributed by atoms with E-state index in [9.17, 15) is 13.2 Å². The summed E-state index contributed by atoms with van der Waals surface area (Å²) in [7, 11) is 0. The lowest BCUT2D eigenvalue weighted by atomic mass is 10.0. The van der Waals surface area contributed by atoms with Gasteiger partial charge in [-0.1, -0.05) is 29.8 Å². The van der Waals surface area contributed by atoms with Crippen molar-refractivity contribution in [2.24, 2.45) is 5.73 Å². The summed E-state index contributed by atoms with van der Waals surface area (Å²) in [5.74, 6) is 0. The van der Waals surface area contributed by atoms with Crippen LogP contribution < -0.4 is 5.73 Å². The van der Waals surface area contributed by atoms with Gasteiger partial charge in [-0.25, -0.2) is 0 Å². The molecule has 108 valence electrons. The summed E-state index contributed by atoms with van der Waals surface area (Å²) in [6, 6.07) is 7.77. The SMILES string of the molecule is Cc1ccc(C(N)C(C)n2ccc(C(F)(F)F)n2)cc1. The van der Waals surface area contributed by atoms with Gasteiger partial charge in [-0.2, -0.15) is 18.3 Å². The molecule has 1 aromatic carbocycles. The molecule has 0 amide bonds. The number of hydrogen-bond donors (Lipinski definition) is 1. The summed E-state index contributed by atoms with van der Waals surface area (Å²) < 4.78 is 38.8. The first-order chi connectivity index (χ1) is 9.29. The minimum atomic E-state index is -4.43. The predicted molar refractivity (Wildman–Crippen MR) is 70.0 cm³/mol. The number of nitrogens with two attached hydrogens (primary N) is 1. The van der Waals surface area contributed by atoms with Gasteiger partial charge < -0.3 is 5.73 Å². The zero-order chi connectivity index (χ0) is 14.9. The lowest BCUT2D eigenvalue weighted by molar-refractivity contribution is -0.141. The number of halogens is 3. The molecular weight excluding hydrogens is 267 g/mol. The summed E-state index contributed by atoms with van der Waals surface area (Å²) in [5, 5.41) is 3.56. The molecule has 0 aliphatic heterocycles. The van der Waals surface area contributed by atoms with E-state index < -0.39 is 17.9 Å². The van der Waals surface area contributed by atoms with Crippen LogP contribution in [0.15, 0.2) is 36.5 Å². The Balaban J connectivity index is 2.20. The van der Waals surface area contributed by atoms with E-state index in [1.54, 1.807) is 6.92 Å². The Kier molecular flexibility index (Phi) is 3.85. The molecule has 3 nitrogen and oxygen atoms in total. The van der Waals surface area contributed by atoms with Crippen molar-refractivity contribution in [3.05, 3.63) is 53.3 Å². The van der Waals surface area contributed by atoms with Crippen molar-refractivity contribution in [3.63, 3.8) is 0 Å². The molecule has 2 atom stereocenters. The molecule has 0 aliphatic rings. The van der Waals surface area contributed by atoms with Crippen LogP contribution in [-0.4, -0.2) is 9.78 Å². The largest absolute Gasteiger partial charge is 0.435 e. The highest BCUT2D eigenvalue weighted by atomic mass is 19.4. The van der Waals surface area contributed by atoms with Gasteiger partial charge in [0.25, 0.3) is 0 Å². The van der Waals surface area contributed by atoms with Crippen molar-refractivity contribution in [2.45, 2.75) is 32.1 Å². The van der Waals surface area contributed by atoms with Gasteiger partial charge in [0.1, 0.15) is 0 Å². The fraction of sp³-hybridized carbons (Fsp3) is 0.357. The maximum Gasteiger partial charge on any atom is 0.435 e. The molecule has 2 aromatic rings. The topological polar surface area (TPSA) is 43.8 Å². The molecule has 0 aliphatic carbocycles. The Labute approximate surface area is 115 Å². The first kappa shape index (κ1) is 14.6. The maximum absolute atomic E-state index is 12.5. The zero-order valence-electron chi connectivity index (χ0n) is 11.2. The molecule has 2 N–H and O–H groups in total. The molecular formula is C14H16F3N3. The minimum Gasteiger partial charge on any atom is -0.322 e. The first-order valence-corrected chi connectivity index (χ1v) is 6.23. The molecule has 1 aromatic heterocycles. The number of hydrogen-bond acceptors (Lipinski definition) is 2. The Morgan fingerprint density at radius 1 is 1.15 bits per heavy atom. The predicted octanol–water partition coefficient (Wildman–Crippen LogP) is 3.47. The minimum absolute atomic E-state index is 0.367. The molecule has 2 unspecified atom stereocenters. The van der Waals surface area contributed by atoms with Crippen molar-refractivity contribution in [1.82, 2.24) is 9.78 Å². The summed E-state index contributed by atoms with van der Waals surface area (Å²) in [6.45, 7) is 3.71. The quantitative estimate of drug-likeness (QED) is 0.937. The third-order valence-corrected chi connectivity index (χ3v) is 3.30. The fourth-order valence-corrected chi connectivity index (χ4v) is 1.95. The summed E-state index contributed by atoms with van der Waals surface area (Å²) in [5.41, 5.74) is 7.17. The van der Waals surface area contributed by atoms with Gasteiger partial charge in [0.05, 0.1) is 12.1 Å². The van der Waals surface area contributed by atoms with E-state index in [-0.39, 0.29) is 6.04 Å². The Bertz CT molecular complexity index is 572. The van der Waals surface area contributed by atoms with E-state index in [1.165, 1.54) is 10.9 Å². The third-order valence-electron chi connectivity index (χ3n) is 3.30. The molecule has 1 heterocycles. The number of rotatable bonds is 3. The van der Waals surface area contributed by atoms with Gasteiger partial charge in [0.15, 0.2) is 5.69 Å². The van der Waals surface area contributed by atoms with Crippen LogP contribution in [0.1, 0.15) is 35.8 Å². The lowest BCUT2D eigenvalue weighted by Gasteiger charge is -2.21. The normalized spacial score (nSPS) is 15.1. The summed E-state index contributed by atoms with van der Waals surface area (Å²) in [4.78, 5) is 0. The van der Waals surface area contributed by atoms with Crippen LogP contribution >= 0.6 is 0 Å². The van der Waals surface area contributed by atoms with E-state index in [4.69, 9.17) is 5.73 Å². The zero-order valence-corrected chi connectivity index (χ0v) is 11.2. The van der Waals surface area contributed by atoms with Crippen LogP contribution in [-0.2, 0) is 6.18 Å². The van der Waals surface area contributed by atoms with Gasteiger partial charge in [-0.05, 0) is 25.5 Å². The second-order valence-electron chi connectivity index (χ2n) is 4.86. The molecule has 0 fully saturated rings. The van der Waals surface area contributed by atoms with Gasteiger partial charge >= 0.3 is 6.18 Å². The van der Waals surface area contributed by atoms with Crippen molar-refractivity contribution in [3.8, 4) is 0 Å². The molecule has 0 bridgehead atoms. The second kappa shape index (κ2) is 5.28. The Hall–Kier alpha value is -1.82. The monoisotopic (exact) mass is 283 g/mol. The Morgan fingerprint density at radius 2 is 1.75 bits per heavy atom. The van der Waals surface area contributed by atoms with E-state index in [2.05, 4.69) is 5.10 Å². The summed E-state index contributed by atoms with van der Waals surface area (Å²) >= 11 is 0. The average Bonchev–Trinajstić information content (AvgIpc) is 2.87. The molecule has 0 saturated carbocycles. The van der Waals surface area contributed by atoms with Gasteiger partial charge in [0.2, 0.25) is 0 Å². The van der Waals surface area contributed by atoms with Crippen LogP contribution in [0.3, 0.4) is 0 Å². The smallest absolute Gasteiger partial charge is 0.322 e. The van der Waals surface area contributed by atoms with Crippen molar-refractivity contribution in [1.29, 1.82) is 0 Å². The fourth-order valence-electron chi connectivity index (χ4n) is 1.95. The van der Waals surface area contributed by atoms with Gasteiger partial charge in [-0.15, -0.1) is 0 Å². The Morgan fingerprint density at radius 3 is 2.25 bits per heavy atom. The number of benzene rings is 1. The van der Waals surface area contributed by atoms with E-state index >= 15 is 0 Å². The lowest BCUT2D eigenvalue weighted by Crippen LogP contribution is -2.23. The van der Waals surface area contributed by atoms with Crippen LogP contribution in [0.4, 0.5) is 13.2 Å². The number of aromatic nitrogens is 2. The molecule has 6 heteroatoms. The van der Waals surface area contributed by atoms with Crippen molar-refractivity contribution < 1.29 is 13.2 Å². The maximum atomic E-state index is 12.5. The van der Waals surface area contributed by atoms with Crippen LogP contribution in [0.2, 0.25) is 0 Å². The third kappa shape index (κ3) is 3.01. The highest BCUT2D eigenvalue weighted by molar-refractivity contribution is 5.24. The number of alkyl halides is 3. The van der Waals surface area contributed by atoms with Crippen LogP contribution in [0, 0.1) is 6.92 Å². The highest BCUT2D eigenvalue weighted by Crippen LogP contribution is 2.29. The van der Waals surface area contributed by atoms with E-state index in [0.29, 0.717) is 0 Å². The van der Waals surface area contributed by atoms with Gasteiger partial charge in [-0.3, -0.25) is 4.68 Å². The molecule has 0 radical (unpaired) electrons. The second-order valence-corrected chi connectivity index (χ2v) is 4.86. The van der Waals surface area contributed by atoms with Crippen LogP contribution in [0.5, 0.6) is 0 Å². The first-order valence-electron chi connectivity index (χ1n) is 6.23. The van der Waals surface area contributed by atoms with Crippen molar-refractivity contribution in [2.75, 3.05) is 0 Å². The van der Waals surface area contributed by atoms with E-state index in [1.807, 2.05) is 31.2 Å². The molecule has 2 rings (SSSR count). The van der Waals surface area contributed by atoms with Crippen molar-refractivity contribution >= 4 is 0 Å². The highest BCUT2D eigenvalue weighted by Gasteiger charge is 2.34. The number of nitrogens with zero attached hydrogens (tertiary/aromatic N) is 2.